The van der Waals surface area contributed by atoms with E-state index in [4.69, 9.17) is 0 Å². The Hall–Kier alpha value is -3.02. The summed E-state index contributed by atoms with van der Waals surface area (Å²) >= 11 is 0. The summed E-state index contributed by atoms with van der Waals surface area (Å²) in [5, 5.41) is 0. The summed E-state index contributed by atoms with van der Waals surface area (Å²) in [7, 11) is 0. The molecule has 25 heavy (non-hydrogen) atoms. The van der Waals surface area contributed by atoms with Gasteiger partial charge in [-0.3, -0.25) is 14.3 Å². The zero-order valence-corrected chi connectivity index (χ0v) is 14.0. The molecule has 1 aliphatic rings. The summed E-state index contributed by atoms with van der Waals surface area (Å²) in [6.45, 7) is 2.04. The highest BCUT2D eigenvalue weighted by Gasteiger charge is 2.37. The molecule has 0 spiro atoms. The van der Waals surface area contributed by atoms with Crippen molar-refractivity contribution in [2.75, 3.05) is 0 Å². The van der Waals surface area contributed by atoms with Gasteiger partial charge in [0.15, 0.2) is 0 Å². The molecular formula is C19H19N5O. The molecule has 0 radical (unpaired) electrons. The second kappa shape index (κ2) is 6.47. The van der Waals surface area contributed by atoms with Crippen LogP contribution < -0.4 is 0 Å². The van der Waals surface area contributed by atoms with E-state index in [1.165, 1.54) is 0 Å². The van der Waals surface area contributed by atoms with Crippen LogP contribution in [-0.4, -0.2) is 36.4 Å². The normalized spacial score (nSPS) is 14.9. The molecule has 1 aliphatic carbocycles. The van der Waals surface area contributed by atoms with Crippen molar-refractivity contribution in [2.45, 2.75) is 31.8 Å². The summed E-state index contributed by atoms with van der Waals surface area (Å²) in [6.07, 6.45) is 10.7. The molecule has 0 N–H and O–H groups in total. The number of amides is 1. The Morgan fingerprint density at radius 2 is 2.08 bits per heavy atom. The van der Waals surface area contributed by atoms with Crippen molar-refractivity contribution in [3.63, 3.8) is 0 Å². The van der Waals surface area contributed by atoms with Gasteiger partial charge in [-0.1, -0.05) is 6.07 Å². The maximum absolute atomic E-state index is 13.2. The number of hydrogen-bond donors (Lipinski definition) is 0. The van der Waals surface area contributed by atoms with Crippen LogP contribution in [-0.2, 0) is 0 Å². The van der Waals surface area contributed by atoms with E-state index in [9.17, 15) is 4.79 Å². The molecule has 0 bridgehead atoms. The number of pyridine rings is 2. The molecule has 1 fully saturated rings. The fraction of sp³-hybridized carbons (Fsp3) is 0.263. The zero-order chi connectivity index (χ0) is 17.2. The lowest BCUT2D eigenvalue weighted by molar-refractivity contribution is 0.0670. The van der Waals surface area contributed by atoms with Crippen LogP contribution in [0.1, 0.15) is 41.9 Å². The van der Waals surface area contributed by atoms with Crippen molar-refractivity contribution in [1.29, 1.82) is 0 Å². The predicted octanol–water partition coefficient (Wildman–Crippen LogP) is 3.03. The quantitative estimate of drug-likeness (QED) is 0.720. The molecule has 0 unspecified atom stereocenters. The molecule has 3 aromatic rings. The summed E-state index contributed by atoms with van der Waals surface area (Å²) in [4.78, 5) is 27.9. The number of carbonyl (C=O) groups is 1. The molecule has 0 aliphatic heterocycles. The second-order valence-corrected chi connectivity index (χ2v) is 6.25. The third kappa shape index (κ3) is 3.15. The van der Waals surface area contributed by atoms with Crippen molar-refractivity contribution in [3.8, 4) is 5.82 Å². The predicted molar refractivity (Wildman–Crippen MR) is 93.2 cm³/mol. The van der Waals surface area contributed by atoms with Gasteiger partial charge >= 0.3 is 0 Å². The van der Waals surface area contributed by atoms with Crippen LogP contribution in [0.15, 0.2) is 61.4 Å². The first-order chi connectivity index (χ1) is 12.2. The van der Waals surface area contributed by atoms with Gasteiger partial charge in [-0.25, -0.2) is 9.97 Å². The molecular weight excluding hydrogens is 314 g/mol. The van der Waals surface area contributed by atoms with Crippen molar-refractivity contribution in [1.82, 2.24) is 24.4 Å². The number of hydrogen-bond acceptors (Lipinski definition) is 4. The van der Waals surface area contributed by atoms with Gasteiger partial charge < -0.3 is 4.90 Å². The lowest BCUT2D eigenvalue weighted by Crippen LogP contribution is -2.36. The van der Waals surface area contributed by atoms with Crippen molar-refractivity contribution in [2.24, 2.45) is 0 Å². The molecule has 0 aromatic carbocycles. The minimum atomic E-state index is -0.0638. The molecule has 6 heteroatoms. The van der Waals surface area contributed by atoms with Crippen LogP contribution in [0, 0.1) is 0 Å². The highest BCUT2D eigenvalue weighted by molar-refractivity contribution is 5.95. The SMILES string of the molecule is C[C@H](c1ccccn1)N(C(=O)c1ccnc(-n2ccnc2)c1)C1CC1. The number of nitrogens with zero attached hydrogens (tertiary/aromatic N) is 5. The summed E-state index contributed by atoms with van der Waals surface area (Å²) < 4.78 is 1.79. The summed E-state index contributed by atoms with van der Waals surface area (Å²) in [6, 6.07) is 9.61. The van der Waals surface area contributed by atoms with E-state index in [-0.39, 0.29) is 18.0 Å². The van der Waals surface area contributed by atoms with Crippen molar-refractivity contribution >= 4 is 5.91 Å². The molecule has 3 aromatic heterocycles. The topological polar surface area (TPSA) is 63.9 Å². The first kappa shape index (κ1) is 15.5. The molecule has 4 rings (SSSR count). The van der Waals surface area contributed by atoms with Crippen LogP contribution in [0.5, 0.6) is 0 Å². The van der Waals surface area contributed by atoms with Gasteiger partial charge in [0.2, 0.25) is 0 Å². The lowest BCUT2D eigenvalue weighted by Gasteiger charge is -2.29. The Labute approximate surface area is 146 Å². The third-order valence-corrected chi connectivity index (χ3v) is 4.47. The van der Waals surface area contributed by atoms with Crippen LogP contribution in [0.4, 0.5) is 0 Å². The fourth-order valence-corrected chi connectivity index (χ4v) is 3.01. The average Bonchev–Trinajstić information content (AvgIpc) is 3.34. The van der Waals surface area contributed by atoms with E-state index in [1.54, 1.807) is 35.6 Å². The Bertz CT molecular complexity index is 859. The monoisotopic (exact) mass is 333 g/mol. The number of rotatable bonds is 5. The first-order valence-electron chi connectivity index (χ1n) is 8.42. The standard InChI is InChI=1S/C19H19N5O/c1-14(17-4-2-3-8-21-17)24(16-5-6-16)19(25)15-7-9-22-18(12-15)23-11-10-20-13-23/h2-4,7-14,16H,5-6H2,1H3/t14-/m1/s1. The van der Waals surface area contributed by atoms with Gasteiger partial charge in [0.05, 0.1) is 11.7 Å². The van der Waals surface area contributed by atoms with Crippen molar-refractivity contribution < 1.29 is 4.79 Å². The van der Waals surface area contributed by atoms with E-state index in [0.717, 1.165) is 18.5 Å². The maximum Gasteiger partial charge on any atom is 0.254 e. The van der Waals surface area contributed by atoms with E-state index in [0.29, 0.717) is 11.4 Å². The molecule has 0 saturated heterocycles. The Kier molecular flexibility index (Phi) is 4.01. The minimum Gasteiger partial charge on any atom is -0.327 e. The van der Waals surface area contributed by atoms with Crippen LogP contribution in [0.3, 0.4) is 0 Å². The molecule has 1 atom stereocenters. The van der Waals surface area contributed by atoms with Crippen LogP contribution in [0.2, 0.25) is 0 Å². The van der Waals surface area contributed by atoms with E-state index in [2.05, 4.69) is 15.0 Å². The molecule has 6 nitrogen and oxygen atoms in total. The smallest absolute Gasteiger partial charge is 0.254 e. The minimum absolute atomic E-state index is 0.0180. The van der Waals surface area contributed by atoms with Crippen molar-refractivity contribution in [3.05, 3.63) is 72.7 Å². The number of aromatic nitrogens is 4. The summed E-state index contributed by atoms with van der Waals surface area (Å²) in [5.41, 5.74) is 1.54. The lowest BCUT2D eigenvalue weighted by atomic mass is 10.1. The molecule has 126 valence electrons. The van der Waals surface area contributed by atoms with E-state index >= 15 is 0 Å². The van der Waals surface area contributed by atoms with Crippen LogP contribution >= 0.6 is 0 Å². The van der Waals surface area contributed by atoms with Crippen LogP contribution in [0.25, 0.3) is 5.82 Å². The molecule has 1 saturated carbocycles. The van der Waals surface area contributed by atoms with Gasteiger partial charge in [0, 0.05) is 36.4 Å². The first-order valence-corrected chi connectivity index (χ1v) is 8.42. The Morgan fingerprint density at radius 3 is 2.76 bits per heavy atom. The fourth-order valence-electron chi connectivity index (χ4n) is 3.01. The second-order valence-electron chi connectivity index (χ2n) is 6.25. The maximum atomic E-state index is 13.2. The van der Waals surface area contributed by atoms with Gasteiger partial charge in [-0.05, 0) is 44.0 Å². The average molecular weight is 333 g/mol. The van der Waals surface area contributed by atoms with Gasteiger partial charge in [-0.2, -0.15) is 0 Å². The highest BCUT2D eigenvalue weighted by Crippen LogP contribution is 2.35. The zero-order valence-electron chi connectivity index (χ0n) is 14.0. The van der Waals surface area contributed by atoms with E-state index in [1.807, 2.05) is 42.3 Å². The molecule has 3 heterocycles. The highest BCUT2D eigenvalue weighted by atomic mass is 16.2. The number of carbonyl (C=O) groups excluding carboxylic acids is 1. The Morgan fingerprint density at radius 1 is 1.20 bits per heavy atom. The van der Waals surface area contributed by atoms with Gasteiger partial charge in [0.25, 0.3) is 5.91 Å². The van der Waals surface area contributed by atoms with Gasteiger partial charge in [-0.15, -0.1) is 0 Å². The largest absolute Gasteiger partial charge is 0.327 e. The Balaban J connectivity index is 1.65. The van der Waals surface area contributed by atoms with Gasteiger partial charge in [0.1, 0.15) is 12.1 Å². The molecule has 1 amide bonds. The number of imidazole rings is 1. The summed E-state index contributed by atoms with van der Waals surface area (Å²) in [5.74, 6) is 0.703. The third-order valence-electron chi connectivity index (χ3n) is 4.47. The van der Waals surface area contributed by atoms with E-state index < -0.39 is 0 Å².